The Labute approximate surface area is 111 Å². The van der Waals surface area contributed by atoms with Crippen LogP contribution in [0.5, 0.6) is 0 Å². The molecule has 19 heavy (non-hydrogen) atoms. The number of carbonyl (C=O) groups excluding carboxylic acids is 1. The largest absolute Gasteiger partial charge is 0.368 e. The summed E-state index contributed by atoms with van der Waals surface area (Å²) in [6.45, 7) is 5.56. The molecule has 2 heterocycles. The number of amides is 1. The molecule has 1 saturated heterocycles. The summed E-state index contributed by atoms with van der Waals surface area (Å²) in [6, 6.07) is 1.89. The molecule has 0 aromatic carbocycles. The fourth-order valence-corrected chi connectivity index (χ4v) is 1.96. The topological polar surface area (TPSA) is 107 Å². The van der Waals surface area contributed by atoms with Gasteiger partial charge in [-0.3, -0.25) is 4.79 Å². The van der Waals surface area contributed by atoms with Crippen LogP contribution in [0.3, 0.4) is 0 Å². The normalized spacial score (nSPS) is 19.7. The molecule has 1 aromatic rings. The predicted molar refractivity (Wildman–Crippen MR) is 71.7 cm³/mol. The van der Waals surface area contributed by atoms with Crippen LogP contribution in [0.4, 0.5) is 11.8 Å². The third-order valence-electron chi connectivity index (χ3n) is 3.05. The molecule has 4 N–H and O–H groups in total. The predicted octanol–water partition coefficient (Wildman–Crippen LogP) is -0.127. The highest BCUT2D eigenvalue weighted by Crippen LogP contribution is 2.21. The van der Waals surface area contributed by atoms with Crippen LogP contribution in [-0.2, 0) is 9.53 Å². The molecule has 0 bridgehead atoms. The molecule has 104 valence electrons. The van der Waals surface area contributed by atoms with Gasteiger partial charge in [0.2, 0.25) is 11.9 Å². The zero-order chi connectivity index (χ0) is 14.0. The molecule has 7 heteroatoms. The fourth-order valence-electron chi connectivity index (χ4n) is 1.96. The summed E-state index contributed by atoms with van der Waals surface area (Å²) in [7, 11) is 0. The average molecular weight is 265 g/mol. The zero-order valence-electron chi connectivity index (χ0n) is 11.2. The molecule has 0 radical (unpaired) electrons. The molecule has 1 fully saturated rings. The average Bonchev–Trinajstić information content (AvgIpc) is 2.38. The van der Waals surface area contributed by atoms with E-state index < -0.39 is 12.0 Å². The third-order valence-corrected chi connectivity index (χ3v) is 3.05. The molecular formula is C12H19N5O2. The van der Waals surface area contributed by atoms with E-state index in [-0.39, 0.29) is 11.9 Å². The summed E-state index contributed by atoms with van der Waals surface area (Å²) in [5.74, 6) is 0.752. The first-order valence-corrected chi connectivity index (χ1v) is 6.27. The first-order chi connectivity index (χ1) is 8.97. The van der Waals surface area contributed by atoms with Gasteiger partial charge in [-0.05, 0) is 5.92 Å². The number of carbonyl (C=O) groups is 1. The Hall–Kier alpha value is -1.89. The number of rotatable bonds is 3. The second-order valence-corrected chi connectivity index (χ2v) is 4.87. The smallest absolute Gasteiger partial charge is 0.248 e. The number of hydrogen-bond donors (Lipinski definition) is 2. The molecule has 1 unspecified atom stereocenters. The highest BCUT2D eigenvalue weighted by Gasteiger charge is 2.26. The van der Waals surface area contributed by atoms with Gasteiger partial charge in [-0.2, -0.15) is 4.98 Å². The van der Waals surface area contributed by atoms with Crippen LogP contribution in [-0.4, -0.2) is 41.7 Å². The summed E-state index contributed by atoms with van der Waals surface area (Å²) in [5, 5.41) is 0. The molecule has 0 saturated carbocycles. The number of anilines is 2. The SMILES string of the molecule is CC(C)c1cc(N2CCOC(C(N)=O)C2)nc(N)n1. The van der Waals surface area contributed by atoms with Gasteiger partial charge >= 0.3 is 0 Å². The van der Waals surface area contributed by atoms with Gasteiger partial charge in [0.1, 0.15) is 5.82 Å². The van der Waals surface area contributed by atoms with Gasteiger partial charge in [0.25, 0.3) is 0 Å². The molecule has 1 aliphatic heterocycles. The lowest BCUT2D eigenvalue weighted by molar-refractivity contribution is -0.130. The number of primary amides is 1. The van der Waals surface area contributed by atoms with Crippen LogP contribution in [0, 0.1) is 0 Å². The lowest BCUT2D eigenvalue weighted by Gasteiger charge is -2.32. The van der Waals surface area contributed by atoms with Crippen LogP contribution in [0.15, 0.2) is 6.07 Å². The maximum absolute atomic E-state index is 11.2. The number of nitrogen functional groups attached to an aromatic ring is 1. The van der Waals surface area contributed by atoms with E-state index in [1.165, 1.54) is 0 Å². The summed E-state index contributed by atoms with van der Waals surface area (Å²) < 4.78 is 5.31. The van der Waals surface area contributed by atoms with Gasteiger partial charge in [-0.25, -0.2) is 4.98 Å². The molecule has 1 aliphatic rings. The quantitative estimate of drug-likeness (QED) is 0.788. The summed E-state index contributed by atoms with van der Waals surface area (Å²) in [4.78, 5) is 21.6. The van der Waals surface area contributed by atoms with Crippen molar-refractivity contribution in [3.63, 3.8) is 0 Å². The van der Waals surface area contributed by atoms with E-state index in [2.05, 4.69) is 9.97 Å². The van der Waals surface area contributed by atoms with Crippen LogP contribution in [0.1, 0.15) is 25.5 Å². The van der Waals surface area contributed by atoms with E-state index in [1.54, 1.807) is 0 Å². The second-order valence-electron chi connectivity index (χ2n) is 4.87. The monoisotopic (exact) mass is 265 g/mol. The van der Waals surface area contributed by atoms with Crippen molar-refractivity contribution < 1.29 is 9.53 Å². The number of nitrogens with two attached hydrogens (primary N) is 2. The second kappa shape index (κ2) is 5.40. The summed E-state index contributed by atoms with van der Waals surface area (Å²) in [6.07, 6.45) is -0.604. The number of hydrogen-bond acceptors (Lipinski definition) is 6. The van der Waals surface area contributed by atoms with E-state index in [4.69, 9.17) is 16.2 Å². The molecule has 0 spiro atoms. The zero-order valence-corrected chi connectivity index (χ0v) is 11.2. The van der Waals surface area contributed by atoms with Crippen molar-refractivity contribution in [2.75, 3.05) is 30.3 Å². The van der Waals surface area contributed by atoms with E-state index in [9.17, 15) is 4.79 Å². The Morgan fingerprint density at radius 2 is 2.26 bits per heavy atom. The maximum Gasteiger partial charge on any atom is 0.248 e. The molecule has 1 aromatic heterocycles. The fraction of sp³-hybridized carbons (Fsp3) is 0.583. The van der Waals surface area contributed by atoms with Crippen molar-refractivity contribution >= 4 is 17.7 Å². The number of ether oxygens (including phenoxy) is 1. The Balaban J connectivity index is 2.23. The highest BCUT2D eigenvalue weighted by atomic mass is 16.5. The van der Waals surface area contributed by atoms with E-state index in [1.807, 2.05) is 24.8 Å². The molecule has 7 nitrogen and oxygen atoms in total. The van der Waals surface area contributed by atoms with Crippen molar-refractivity contribution in [2.45, 2.75) is 25.9 Å². The van der Waals surface area contributed by atoms with Crippen LogP contribution in [0.2, 0.25) is 0 Å². The molecular weight excluding hydrogens is 246 g/mol. The van der Waals surface area contributed by atoms with Crippen LogP contribution >= 0.6 is 0 Å². The summed E-state index contributed by atoms with van der Waals surface area (Å²) >= 11 is 0. The van der Waals surface area contributed by atoms with E-state index in [0.29, 0.717) is 25.5 Å². The van der Waals surface area contributed by atoms with Crippen LogP contribution < -0.4 is 16.4 Å². The van der Waals surface area contributed by atoms with Crippen molar-refractivity contribution in [3.8, 4) is 0 Å². The number of aromatic nitrogens is 2. The minimum Gasteiger partial charge on any atom is -0.368 e. The highest BCUT2D eigenvalue weighted by molar-refractivity contribution is 5.79. The van der Waals surface area contributed by atoms with Gasteiger partial charge in [-0.15, -0.1) is 0 Å². The van der Waals surface area contributed by atoms with Crippen LogP contribution in [0.25, 0.3) is 0 Å². The van der Waals surface area contributed by atoms with E-state index in [0.717, 1.165) is 5.69 Å². The van der Waals surface area contributed by atoms with Crippen molar-refractivity contribution in [1.82, 2.24) is 9.97 Å². The first kappa shape index (κ1) is 13.5. The van der Waals surface area contributed by atoms with Gasteiger partial charge < -0.3 is 21.1 Å². The van der Waals surface area contributed by atoms with Crippen molar-refractivity contribution in [3.05, 3.63) is 11.8 Å². The minimum atomic E-state index is -0.604. The Kier molecular flexibility index (Phi) is 3.84. The molecule has 0 aliphatic carbocycles. The molecule has 2 rings (SSSR count). The van der Waals surface area contributed by atoms with Crippen molar-refractivity contribution in [2.24, 2.45) is 5.73 Å². The van der Waals surface area contributed by atoms with Gasteiger partial charge in [0.15, 0.2) is 6.10 Å². The number of morpholine rings is 1. The summed E-state index contributed by atoms with van der Waals surface area (Å²) in [5.41, 5.74) is 11.9. The van der Waals surface area contributed by atoms with Gasteiger partial charge in [0, 0.05) is 12.6 Å². The Morgan fingerprint density at radius 3 is 2.89 bits per heavy atom. The lowest BCUT2D eigenvalue weighted by Crippen LogP contribution is -2.48. The number of nitrogens with zero attached hydrogens (tertiary/aromatic N) is 3. The van der Waals surface area contributed by atoms with Gasteiger partial charge in [0.05, 0.1) is 18.8 Å². The lowest BCUT2D eigenvalue weighted by atomic mass is 10.1. The molecule has 1 amide bonds. The first-order valence-electron chi connectivity index (χ1n) is 6.27. The Morgan fingerprint density at radius 1 is 1.53 bits per heavy atom. The maximum atomic E-state index is 11.2. The standard InChI is InChI=1S/C12H19N5O2/c1-7(2)8-5-10(16-12(14)15-8)17-3-4-19-9(6-17)11(13)18/h5,7,9H,3-4,6H2,1-2H3,(H2,13,18)(H2,14,15,16). The minimum absolute atomic E-state index is 0.239. The van der Waals surface area contributed by atoms with Crippen molar-refractivity contribution in [1.29, 1.82) is 0 Å². The third kappa shape index (κ3) is 3.11. The molecule has 1 atom stereocenters. The Bertz CT molecular complexity index is 477. The van der Waals surface area contributed by atoms with E-state index >= 15 is 0 Å². The van der Waals surface area contributed by atoms with Gasteiger partial charge in [-0.1, -0.05) is 13.8 Å².